The Kier molecular flexibility index (Phi) is 6.12. The number of hydrogen-bond donors (Lipinski definition) is 2. The third-order valence-electron chi connectivity index (χ3n) is 7.69. The molecule has 0 spiro atoms. The van der Waals surface area contributed by atoms with Crippen LogP contribution in [0.5, 0.6) is 0 Å². The summed E-state index contributed by atoms with van der Waals surface area (Å²) in [6, 6.07) is 8.06. The Bertz CT molecular complexity index is 1670. The molecule has 2 unspecified atom stereocenters. The predicted octanol–water partition coefficient (Wildman–Crippen LogP) is 5.12. The number of amides is 2. The molecule has 6 rings (SSSR count). The van der Waals surface area contributed by atoms with Gasteiger partial charge in [0.25, 0.3) is 5.91 Å². The molecule has 3 N–H and O–H groups in total. The molecule has 5 heterocycles. The van der Waals surface area contributed by atoms with Gasteiger partial charge in [0, 0.05) is 42.2 Å². The number of ether oxygens (including phenoxy) is 1. The minimum absolute atomic E-state index is 0.00601. The maximum Gasteiger partial charge on any atom is 0.416 e. The largest absolute Gasteiger partial charge is 0.441 e. The van der Waals surface area contributed by atoms with Crippen molar-refractivity contribution in [1.29, 1.82) is 0 Å². The van der Waals surface area contributed by atoms with Crippen LogP contribution in [-0.2, 0) is 10.9 Å². The summed E-state index contributed by atoms with van der Waals surface area (Å²) >= 11 is 0. The highest BCUT2D eigenvalue weighted by atomic mass is 19.4. The van der Waals surface area contributed by atoms with Gasteiger partial charge in [-0.3, -0.25) is 9.20 Å². The van der Waals surface area contributed by atoms with E-state index in [0.29, 0.717) is 23.3 Å². The summed E-state index contributed by atoms with van der Waals surface area (Å²) in [4.78, 5) is 40.1. The van der Waals surface area contributed by atoms with Crippen LogP contribution < -0.4 is 11.1 Å². The van der Waals surface area contributed by atoms with Crippen LogP contribution in [0.15, 0.2) is 55.0 Å². The van der Waals surface area contributed by atoms with Crippen molar-refractivity contribution in [3.05, 3.63) is 71.9 Å². The van der Waals surface area contributed by atoms with E-state index in [4.69, 9.17) is 15.5 Å². The number of nitrogen functional groups attached to an aromatic ring is 1. The zero-order chi connectivity index (χ0) is 29.1. The van der Waals surface area contributed by atoms with E-state index in [-0.39, 0.29) is 35.3 Å². The van der Waals surface area contributed by atoms with Gasteiger partial charge in [-0.25, -0.2) is 19.7 Å². The van der Waals surface area contributed by atoms with Crippen molar-refractivity contribution in [3.8, 4) is 11.3 Å². The van der Waals surface area contributed by atoms with Crippen molar-refractivity contribution < 1.29 is 27.5 Å². The third-order valence-corrected chi connectivity index (χ3v) is 7.69. The lowest BCUT2D eigenvalue weighted by atomic mass is 9.86. The molecule has 10 nitrogen and oxygen atoms in total. The van der Waals surface area contributed by atoms with Crippen molar-refractivity contribution in [1.82, 2.24) is 24.3 Å². The van der Waals surface area contributed by atoms with Crippen LogP contribution in [0, 0.1) is 0 Å². The quantitative estimate of drug-likeness (QED) is 0.352. The molecule has 0 radical (unpaired) electrons. The van der Waals surface area contributed by atoms with E-state index in [9.17, 15) is 22.8 Å². The monoisotopic (exact) mass is 565 g/mol. The summed E-state index contributed by atoms with van der Waals surface area (Å²) in [5.74, 6) is 0.113. The Hall–Kier alpha value is -4.68. The number of hydrogen-bond acceptors (Lipinski definition) is 7. The number of alkyl halides is 3. The van der Waals surface area contributed by atoms with Gasteiger partial charge in [0.1, 0.15) is 34.3 Å². The highest BCUT2D eigenvalue weighted by Crippen LogP contribution is 2.41. The molecule has 0 saturated carbocycles. The van der Waals surface area contributed by atoms with Gasteiger partial charge in [0.05, 0.1) is 11.6 Å². The average Bonchev–Trinajstić information content (AvgIpc) is 3.43. The Morgan fingerprint density at radius 2 is 1.88 bits per heavy atom. The number of aromatic nitrogens is 4. The molecule has 2 saturated heterocycles. The molecule has 2 aliphatic rings. The Morgan fingerprint density at radius 3 is 2.61 bits per heavy atom. The molecule has 0 bridgehead atoms. The van der Waals surface area contributed by atoms with E-state index in [1.807, 2.05) is 18.2 Å². The van der Waals surface area contributed by atoms with E-state index in [2.05, 4.69) is 15.3 Å². The standard InChI is InChI=1S/C28H26F3N7O3/c1-27(2)19-8-7-17(14-38(19)26(40)41-27)24-36-21(22-23(32)34-11-12-37(22)24)15-3-5-16(6-4-15)25(39)35-20-13-18(9-10-33-20)28(29,30)31/h3-6,9-13,17,19H,7-8,14H2,1-2H3,(H2,32,34)(H,33,35,39). The van der Waals surface area contributed by atoms with Crippen molar-refractivity contribution in [2.75, 3.05) is 17.6 Å². The predicted molar refractivity (Wildman–Crippen MR) is 143 cm³/mol. The van der Waals surface area contributed by atoms with E-state index >= 15 is 0 Å². The molecular formula is C28H26F3N7O3. The molecule has 212 valence electrons. The van der Waals surface area contributed by atoms with Crippen LogP contribution in [0.3, 0.4) is 0 Å². The molecule has 2 atom stereocenters. The first-order chi connectivity index (χ1) is 19.4. The van der Waals surface area contributed by atoms with Gasteiger partial charge >= 0.3 is 12.3 Å². The lowest BCUT2D eigenvalue weighted by Gasteiger charge is -2.36. The first kappa shape index (κ1) is 26.5. The summed E-state index contributed by atoms with van der Waals surface area (Å²) in [5.41, 5.74) is 6.85. The summed E-state index contributed by atoms with van der Waals surface area (Å²) in [6.07, 6.45) is 1.03. The van der Waals surface area contributed by atoms with E-state index in [1.54, 1.807) is 41.6 Å². The molecule has 1 aromatic carbocycles. The van der Waals surface area contributed by atoms with E-state index < -0.39 is 23.2 Å². The number of rotatable bonds is 4. The highest BCUT2D eigenvalue weighted by molar-refractivity contribution is 6.04. The number of nitrogens with two attached hydrogens (primary N) is 1. The Morgan fingerprint density at radius 1 is 1.12 bits per heavy atom. The van der Waals surface area contributed by atoms with Gasteiger partial charge < -0.3 is 20.7 Å². The fraction of sp³-hybridized carbons (Fsp3) is 0.321. The Balaban J connectivity index is 1.28. The molecule has 13 heteroatoms. The van der Waals surface area contributed by atoms with Gasteiger partial charge in [-0.1, -0.05) is 12.1 Å². The number of carbonyl (C=O) groups is 2. The molecule has 41 heavy (non-hydrogen) atoms. The van der Waals surface area contributed by atoms with E-state index in [1.165, 1.54) is 0 Å². The number of benzene rings is 1. The zero-order valence-corrected chi connectivity index (χ0v) is 22.1. The van der Waals surface area contributed by atoms with Gasteiger partial charge in [-0.05, 0) is 51.0 Å². The SMILES string of the molecule is CC1(C)OC(=O)N2CC(c3nc(-c4ccc(C(=O)Nc5cc(C(F)(F)F)ccn5)cc4)c4c(N)nccn34)CCC21. The van der Waals surface area contributed by atoms with Crippen LogP contribution in [0.25, 0.3) is 16.8 Å². The summed E-state index contributed by atoms with van der Waals surface area (Å²) in [6.45, 7) is 4.30. The van der Waals surface area contributed by atoms with Crippen molar-refractivity contribution in [3.63, 3.8) is 0 Å². The number of imidazole rings is 1. The maximum absolute atomic E-state index is 13.0. The van der Waals surface area contributed by atoms with Crippen molar-refractivity contribution in [2.45, 2.75) is 50.4 Å². The first-order valence-corrected chi connectivity index (χ1v) is 13.0. The highest BCUT2D eigenvalue weighted by Gasteiger charge is 2.50. The topological polar surface area (TPSA) is 128 Å². The van der Waals surface area contributed by atoms with Crippen molar-refractivity contribution in [2.24, 2.45) is 0 Å². The second kappa shape index (κ2) is 9.46. The molecule has 0 aliphatic carbocycles. The fourth-order valence-electron chi connectivity index (χ4n) is 5.68. The number of pyridine rings is 1. The number of fused-ring (bicyclic) bond motifs is 2. The van der Waals surface area contributed by atoms with Crippen LogP contribution in [0.4, 0.5) is 29.6 Å². The molecule has 3 aromatic heterocycles. The van der Waals surface area contributed by atoms with Crippen LogP contribution in [0.1, 0.15) is 54.4 Å². The Labute approximate surface area is 232 Å². The second-order valence-corrected chi connectivity index (χ2v) is 10.7. The molecule has 2 amide bonds. The third kappa shape index (κ3) is 4.70. The lowest BCUT2D eigenvalue weighted by Crippen LogP contribution is -2.46. The number of halogens is 3. The lowest BCUT2D eigenvalue weighted by molar-refractivity contribution is -0.137. The first-order valence-electron chi connectivity index (χ1n) is 13.0. The van der Waals surface area contributed by atoms with E-state index in [0.717, 1.165) is 37.0 Å². The fourth-order valence-corrected chi connectivity index (χ4v) is 5.68. The van der Waals surface area contributed by atoms with Gasteiger partial charge in [-0.15, -0.1) is 0 Å². The minimum Gasteiger partial charge on any atom is -0.441 e. The summed E-state index contributed by atoms with van der Waals surface area (Å²) in [5, 5.41) is 2.40. The molecule has 2 aliphatic heterocycles. The van der Waals surface area contributed by atoms with Gasteiger partial charge in [0.2, 0.25) is 0 Å². The summed E-state index contributed by atoms with van der Waals surface area (Å²) < 4.78 is 46.5. The number of anilines is 2. The zero-order valence-electron chi connectivity index (χ0n) is 22.1. The van der Waals surface area contributed by atoms with Crippen LogP contribution in [-0.4, -0.2) is 54.4 Å². The normalized spacial score (nSPS) is 20.1. The average molecular weight is 566 g/mol. The van der Waals surface area contributed by atoms with Gasteiger partial charge in [0.15, 0.2) is 0 Å². The number of nitrogens with zero attached hydrogens (tertiary/aromatic N) is 5. The number of carbonyl (C=O) groups excluding carboxylic acids is 2. The van der Waals surface area contributed by atoms with Crippen LogP contribution in [0.2, 0.25) is 0 Å². The summed E-state index contributed by atoms with van der Waals surface area (Å²) in [7, 11) is 0. The van der Waals surface area contributed by atoms with Gasteiger partial charge in [-0.2, -0.15) is 13.2 Å². The van der Waals surface area contributed by atoms with Crippen LogP contribution >= 0.6 is 0 Å². The number of cyclic esters (lactones) is 1. The smallest absolute Gasteiger partial charge is 0.416 e. The molecular weight excluding hydrogens is 539 g/mol. The second-order valence-electron chi connectivity index (χ2n) is 10.7. The molecule has 2 fully saturated rings. The number of nitrogens with one attached hydrogen (secondary N) is 1. The number of piperidine rings is 1. The molecule has 4 aromatic rings. The van der Waals surface area contributed by atoms with Crippen molar-refractivity contribution >= 4 is 29.2 Å². The minimum atomic E-state index is -4.55. The maximum atomic E-state index is 13.0.